The summed E-state index contributed by atoms with van der Waals surface area (Å²) in [4.78, 5) is 21.7. The van der Waals surface area contributed by atoms with Crippen LogP contribution in [-0.2, 0) is 44.3 Å². The first-order valence-corrected chi connectivity index (χ1v) is 15.0. The van der Waals surface area contributed by atoms with E-state index in [9.17, 15) is 44.3 Å². The number of hydrogen-bond donors (Lipinski definition) is 2. The van der Waals surface area contributed by atoms with Gasteiger partial charge in [-0.1, -0.05) is 32.0 Å². The van der Waals surface area contributed by atoms with Crippen LogP contribution in [0, 0.1) is 0 Å². The molecule has 0 aliphatic carbocycles. The van der Waals surface area contributed by atoms with Crippen LogP contribution in [0.25, 0.3) is 0 Å². The summed E-state index contributed by atoms with van der Waals surface area (Å²) in [6, 6.07) is 6.84. The van der Waals surface area contributed by atoms with Crippen molar-refractivity contribution >= 4 is 31.5 Å². The first kappa shape index (κ1) is 33.3. The quantitative estimate of drug-likeness (QED) is 0.369. The molecule has 2 aromatic carbocycles. The van der Waals surface area contributed by atoms with E-state index in [1.807, 2.05) is 36.6 Å². The van der Waals surface area contributed by atoms with Crippen LogP contribution >= 0.6 is 10.7 Å². The zero-order valence-corrected chi connectivity index (χ0v) is 23.9. The van der Waals surface area contributed by atoms with Gasteiger partial charge in [0, 0.05) is 16.2 Å². The second-order valence-electron chi connectivity index (χ2n) is 9.44. The van der Waals surface area contributed by atoms with Crippen LogP contribution in [0.1, 0.15) is 36.1 Å². The summed E-state index contributed by atoms with van der Waals surface area (Å²) < 4.78 is 107. The van der Waals surface area contributed by atoms with Gasteiger partial charge < -0.3 is 20.1 Å². The van der Waals surface area contributed by atoms with E-state index in [4.69, 9.17) is 20.2 Å². The highest BCUT2D eigenvalue weighted by Crippen LogP contribution is 2.37. The summed E-state index contributed by atoms with van der Waals surface area (Å²) in [6.07, 6.45) is -8.16. The maximum absolute atomic E-state index is 12.3. The van der Waals surface area contributed by atoms with Crippen molar-refractivity contribution in [3.63, 3.8) is 0 Å². The van der Waals surface area contributed by atoms with E-state index in [1.165, 1.54) is 12.1 Å². The molecule has 0 saturated heterocycles. The van der Waals surface area contributed by atoms with E-state index < -0.39 is 45.3 Å². The molecule has 2 amide bonds. The number of alkyl halides is 6. The Morgan fingerprint density at radius 2 is 1.33 bits per heavy atom. The number of halogens is 7. The zero-order valence-electron chi connectivity index (χ0n) is 22.3. The molecule has 2 aliphatic rings. The Morgan fingerprint density at radius 1 is 0.833 bits per heavy atom. The molecule has 4 rings (SSSR count). The van der Waals surface area contributed by atoms with Gasteiger partial charge in [-0.25, -0.2) is 8.42 Å². The minimum Gasteiger partial charge on any atom is -0.491 e. The zero-order chi connectivity index (χ0) is 31.5. The molecule has 2 heterocycles. The summed E-state index contributed by atoms with van der Waals surface area (Å²) in [5.41, 5.74) is 3.06. The number of carbonyl (C=O) groups excluding carboxylic acids is 2. The van der Waals surface area contributed by atoms with Crippen LogP contribution in [-0.4, -0.2) is 57.9 Å². The normalized spacial score (nSPS) is 18.2. The van der Waals surface area contributed by atoms with Crippen molar-refractivity contribution in [2.45, 2.75) is 68.9 Å². The van der Waals surface area contributed by atoms with E-state index in [1.54, 1.807) is 6.07 Å². The molecule has 0 unspecified atom stereocenters. The number of nitrogens with one attached hydrogen (secondary N) is 2. The van der Waals surface area contributed by atoms with Crippen LogP contribution in [0.4, 0.5) is 26.3 Å². The molecule has 0 radical (unpaired) electrons. The van der Waals surface area contributed by atoms with Crippen LogP contribution in [0.5, 0.6) is 11.5 Å². The number of amides is 2. The van der Waals surface area contributed by atoms with Crippen LogP contribution in [0.2, 0.25) is 0 Å². The Balaban J connectivity index is 0.000000235. The first-order chi connectivity index (χ1) is 19.5. The number of fused-ring (bicyclic) bond motifs is 2. The summed E-state index contributed by atoms with van der Waals surface area (Å²) in [5, 5.41) is 3.80. The molecule has 42 heavy (non-hydrogen) atoms. The monoisotopic (exact) mass is 644 g/mol. The molecule has 0 fully saturated rings. The van der Waals surface area contributed by atoms with Crippen molar-refractivity contribution in [1.82, 2.24) is 10.6 Å². The molecule has 0 bridgehead atoms. The summed E-state index contributed by atoms with van der Waals surface area (Å²) >= 11 is 0. The number of hydrogen-bond acceptors (Lipinski definition) is 6. The fourth-order valence-electron chi connectivity index (χ4n) is 4.57. The fourth-order valence-corrected chi connectivity index (χ4v) is 5.57. The molecule has 16 heteroatoms. The van der Waals surface area contributed by atoms with Gasteiger partial charge in [-0.3, -0.25) is 9.59 Å². The van der Waals surface area contributed by atoms with E-state index in [0.29, 0.717) is 24.2 Å². The molecule has 232 valence electrons. The minimum absolute atomic E-state index is 0.0283. The average molecular weight is 645 g/mol. The minimum atomic E-state index is -4.99. The van der Waals surface area contributed by atoms with Gasteiger partial charge in [0.1, 0.15) is 29.6 Å². The lowest BCUT2D eigenvalue weighted by Crippen LogP contribution is -2.48. The Bertz CT molecular complexity index is 1420. The van der Waals surface area contributed by atoms with Gasteiger partial charge in [0.15, 0.2) is 0 Å². The second kappa shape index (κ2) is 13.0. The molecular weight excluding hydrogens is 618 g/mol. The van der Waals surface area contributed by atoms with E-state index in [0.717, 1.165) is 23.1 Å². The van der Waals surface area contributed by atoms with Gasteiger partial charge in [0.2, 0.25) is 0 Å². The lowest BCUT2D eigenvalue weighted by molar-refractivity contribution is -0.174. The second-order valence-corrected chi connectivity index (χ2v) is 12.0. The number of carbonyl (C=O) groups is 2. The first-order valence-electron chi connectivity index (χ1n) is 12.7. The van der Waals surface area contributed by atoms with Gasteiger partial charge >= 0.3 is 24.2 Å². The lowest BCUT2D eigenvalue weighted by Gasteiger charge is -2.29. The van der Waals surface area contributed by atoms with Crippen molar-refractivity contribution in [1.29, 1.82) is 0 Å². The van der Waals surface area contributed by atoms with Gasteiger partial charge in [-0.15, -0.1) is 0 Å². The Labute approximate surface area is 242 Å². The third-order valence-corrected chi connectivity index (χ3v) is 7.88. The molecule has 8 nitrogen and oxygen atoms in total. The van der Waals surface area contributed by atoms with Crippen molar-refractivity contribution in [3.8, 4) is 11.5 Å². The van der Waals surface area contributed by atoms with Crippen molar-refractivity contribution < 1.29 is 53.8 Å². The summed E-state index contributed by atoms with van der Waals surface area (Å²) in [7, 11) is 1.29. The maximum Gasteiger partial charge on any atom is 0.471 e. The molecule has 0 spiro atoms. The van der Waals surface area contributed by atoms with Gasteiger partial charge in [-0.2, -0.15) is 26.3 Å². The molecular formula is C26H27ClF6N2O6S. The van der Waals surface area contributed by atoms with Crippen LogP contribution in [0.3, 0.4) is 0 Å². The van der Waals surface area contributed by atoms with E-state index in [-0.39, 0.29) is 30.3 Å². The number of rotatable bonds is 5. The lowest BCUT2D eigenvalue weighted by atomic mass is 9.95. The Morgan fingerprint density at radius 3 is 1.83 bits per heavy atom. The highest BCUT2D eigenvalue weighted by molar-refractivity contribution is 8.13. The maximum atomic E-state index is 12.3. The predicted octanol–water partition coefficient (Wildman–Crippen LogP) is 4.39. The average Bonchev–Trinajstić information content (AvgIpc) is 2.90. The third kappa shape index (κ3) is 8.21. The standard InChI is InChI=1S/C13H13ClF3NO4S.C13H14F3NO2/c1-2-7-3-4-10(23(14,20)21)11-9(7)5-8(6-22-11)18-12(19)13(15,16)17;1-2-8-4-3-5-11-10(8)6-9(7-19-11)17-12(18)13(14,15)16/h3-4,8H,2,5-6H2,1H3,(H,18,19);3-5,9H,2,6-7H2,1H3,(H,17,18)/t8-;9-/m11/s1. The van der Waals surface area contributed by atoms with Crippen molar-refractivity contribution in [2.24, 2.45) is 0 Å². The highest BCUT2D eigenvalue weighted by atomic mass is 35.7. The van der Waals surface area contributed by atoms with Crippen molar-refractivity contribution in [3.05, 3.63) is 52.6 Å². The van der Waals surface area contributed by atoms with Gasteiger partial charge in [-0.05, 0) is 54.5 Å². The Hall–Kier alpha value is -3.20. The van der Waals surface area contributed by atoms with Crippen molar-refractivity contribution in [2.75, 3.05) is 13.2 Å². The van der Waals surface area contributed by atoms with Crippen LogP contribution < -0.4 is 20.1 Å². The smallest absolute Gasteiger partial charge is 0.471 e. The third-order valence-electron chi connectivity index (χ3n) is 6.53. The van der Waals surface area contributed by atoms with E-state index >= 15 is 0 Å². The number of benzene rings is 2. The molecule has 0 saturated carbocycles. The molecule has 2 N–H and O–H groups in total. The molecule has 2 atom stereocenters. The SMILES string of the molecule is CCc1ccc(S(=O)(=O)Cl)c2c1C[C@@H](NC(=O)C(F)(F)F)CO2.CCc1cccc2c1C[C@@H](NC(=O)C(F)(F)F)CO2. The number of aryl methyl sites for hydroxylation is 2. The fraction of sp³-hybridized carbons (Fsp3) is 0.462. The topological polar surface area (TPSA) is 111 Å². The summed E-state index contributed by atoms with van der Waals surface area (Å²) in [5.74, 6) is -3.25. The Kier molecular flexibility index (Phi) is 10.3. The largest absolute Gasteiger partial charge is 0.491 e. The molecule has 2 aliphatic heterocycles. The highest BCUT2D eigenvalue weighted by Gasteiger charge is 2.41. The van der Waals surface area contributed by atoms with Gasteiger partial charge in [0.25, 0.3) is 9.05 Å². The van der Waals surface area contributed by atoms with E-state index in [2.05, 4.69) is 0 Å². The van der Waals surface area contributed by atoms with Gasteiger partial charge in [0.05, 0.1) is 12.1 Å². The molecule has 2 aromatic rings. The van der Waals surface area contributed by atoms with Crippen LogP contribution in [0.15, 0.2) is 35.2 Å². The molecule has 0 aromatic heterocycles. The summed E-state index contributed by atoms with van der Waals surface area (Å²) in [6.45, 7) is 3.55. The predicted molar refractivity (Wildman–Crippen MR) is 139 cm³/mol. The number of ether oxygens (including phenoxy) is 2.